The lowest BCUT2D eigenvalue weighted by atomic mass is 9.84. The lowest BCUT2D eigenvalue weighted by molar-refractivity contribution is 0.480. The van der Waals surface area contributed by atoms with Crippen LogP contribution in [-0.4, -0.2) is 26.6 Å². The van der Waals surface area contributed by atoms with Crippen molar-refractivity contribution in [1.29, 1.82) is 0 Å². The van der Waals surface area contributed by atoms with E-state index in [0.29, 0.717) is 17.4 Å². The molecule has 1 N–H and O–H groups in total. The first-order chi connectivity index (χ1) is 11.7. The van der Waals surface area contributed by atoms with Crippen molar-refractivity contribution in [1.82, 2.24) is 8.75 Å². The number of phenols is 1. The molecule has 0 saturated heterocycles. The number of aromatic nitrogens is 2. The minimum Gasteiger partial charge on any atom is -0.506 e. The Labute approximate surface area is 146 Å². The Morgan fingerprint density at radius 1 is 1.38 bits per heavy atom. The van der Waals surface area contributed by atoms with Gasteiger partial charge in [-0.2, -0.15) is 8.75 Å². The van der Waals surface area contributed by atoms with Crippen molar-refractivity contribution in [2.75, 3.05) is 6.54 Å². The predicted octanol–water partition coefficient (Wildman–Crippen LogP) is 4.64. The zero-order valence-corrected chi connectivity index (χ0v) is 14.7. The average molecular weight is 339 g/mol. The van der Waals surface area contributed by atoms with E-state index in [-0.39, 0.29) is 5.75 Å². The number of aromatic hydroxyl groups is 1. The summed E-state index contributed by atoms with van der Waals surface area (Å²) in [5, 5.41) is 9.88. The minimum absolute atomic E-state index is 0.185. The van der Waals surface area contributed by atoms with Gasteiger partial charge in [-0.15, -0.1) is 0 Å². The SMILES string of the molecule is C/C=C/C(/C=N\CC)C1C=CC(c2ccc(O)c3nsnc23)=CC1. The Bertz CT molecular complexity index is 832. The lowest BCUT2D eigenvalue weighted by Gasteiger charge is -2.21. The molecule has 0 radical (unpaired) electrons. The van der Waals surface area contributed by atoms with Crippen LogP contribution >= 0.6 is 11.7 Å². The predicted molar refractivity (Wildman–Crippen MR) is 102 cm³/mol. The van der Waals surface area contributed by atoms with E-state index >= 15 is 0 Å². The van der Waals surface area contributed by atoms with Crippen molar-refractivity contribution in [2.24, 2.45) is 16.8 Å². The summed E-state index contributed by atoms with van der Waals surface area (Å²) in [6, 6.07) is 3.61. The van der Waals surface area contributed by atoms with Crippen LogP contribution in [0.1, 0.15) is 25.8 Å². The maximum Gasteiger partial charge on any atom is 0.147 e. The van der Waals surface area contributed by atoms with Gasteiger partial charge < -0.3 is 5.11 Å². The molecule has 1 aliphatic carbocycles. The highest BCUT2D eigenvalue weighted by atomic mass is 32.1. The van der Waals surface area contributed by atoms with Crippen LogP contribution in [0.15, 0.2) is 47.5 Å². The molecule has 124 valence electrons. The normalized spacial score (nSPS) is 19.4. The Morgan fingerprint density at radius 2 is 2.21 bits per heavy atom. The van der Waals surface area contributed by atoms with Gasteiger partial charge in [0.1, 0.15) is 16.8 Å². The van der Waals surface area contributed by atoms with E-state index in [9.17, 15) is 5.11 Å². The number of aliphatic imine (C=N–C) groups is 1. The van der Waals surface area contributed by atoms with E-state index in [1.807, 2.05) is 13.0 Å². The number of nitrogens with zero attached hydrogens (tertiary/aromatic N) is 3. The van der Waals surface area contributed by atoms with Crippen LogP contribution in [0.3, 0.4) is 0 Å². The summed E-state index contributed by atoms with van der Waals surface area (Å²) < 4.78 is 8.52. The smallest absolute Gasteiger partial charge is 0.147 e. The fourth-order valence-corrected chi connectivity index (χ4v) is 3.53. The molecule has 0 spiro atoms. The zero-order valence-electron chi connectivity index (χ0n) is 13.9. The molecule has 2 unspecified atom stereocenters. The van der Waals surface area contributed by atoms with Crippen molar-refractivity contribution >= 4 is 34.5 Å². The molecule has 0 aliphatic heterocycles. The maximum absolute atomic E-state index is 9.88. The highest BCUT2D eigenvalue weighted by molar-refractivity contribution is 7.00. The highest BCUT2D eigenvalue weighted by Crippen LogP contribution is 2.34. The first kappa shape index (κ1) is 16.6. The van der Waals surface area contributed by atoms with Gasteiger partial charge in [0, 0.05) is 24.2 Å². The molecular weight excluding hydrogens is 318 g/mol. The molecule has 1 heterocycles. The number of phenolic OH excluding ortho intramolecular Hbond substituents is 1. The number of benzene rings is 1. The monoisotopic (exact) mass is 339 g/mol. The van der Waals surface area contributed by atoms with Crippen LogP contribution < -0.4 is 0 Å². The number of allylic oxidation sites excluding steroid dienone is 6. The minimum atomic E-state index is 0.185. The van der Waals surface area contributed by atoms with Crippen LogP contribution in [-0.2, 0) is 0 Å². The van der Waals surface area contributed by atoms with Crippen LogP contribution in [0.2, 0.25) is 0 Å². The van der Waals surface area contributed by atoms with Crippen molar-refractivity contribution in [3.8, 4) is 5.75 Å². The largest absolute Gasteiger partial charge is 0.506 e. The van der Waals surface area contributed by atoms with Gasteiger partial charge in [-0.1, -0.05) is 30.4 Å². The number of rotatable bonds is 5. The lowest BCUT2D eigenvalue weighted by Crippen LogP contribution is -2.13. The van der Waals surface area contributed by atoms with Crippen molar-refractivity contribution in [2.45, 2.75) is 20.3 Å². The summed E-state index contributed by atoms with van der Waals surface area (Å²) in [6.45, 7) is 4.91. The topological polar surface area (TPSA) is 58.4 Å². The van der Waals surface area contributed by atoms with E-state index in [0.717, 1.165) is 41.3 Å². The summed E-state index contributed by atoms with van der Waals surface area (Å²) >= 11 is 1.13. The Morgan fingerprint density at radius 3 is 2.92 bits per heavy atom. The third-order valence-electron chi connectivity index (χ3n) is 4.21. The van der Waals surface area contributed by atoms with E-state index < -0.39 is 0 Å². The zero-order chi connectivity index (χ0) is 16.9. The molecule has 2 aromatic rings. The number of hydrogen-bond donors (Lipinski definition) is 1. The fraction of sp³-hybridized carbons (Fsp3) is 0.316. The fourth-order valence-electron chi connectivity index (χ4n) is 2.96. The van der Waals surface area contributed by atoms with E-state index in [1.54, 1.807) is 6.07 Å². The molecule has 1 aromatic heterocycles. The van der Waals surface area contributed by atoms with Gasteiger partial charge >= 0.3 is 0 Å². The summed E-state index contributed by atoms with van der Waals surface area (Å²) in [5.74, 6) is 0.927. The van der Waals surface area contributed by atoms with E-state index in [1.165, 1.54) is 0 Å². The van der Waals surface area contributed by atoms with Gasteiger partial charge in [-0.25, -0.2) is 0 Å². The Balaban J connectivity index is 1.85. The van der Waals surface area contributed by atoms with Gasteiger partial charge in [0.15, 0.2) is 0 Å². The summed E-state index contributed by atoms with van der Waals surface area (Å²) in [5.41, 5.74) is 3.51. The van der Waals surface area contributed by atoms with Crippen molar-refractivity contribution < 1.29 is 5.11 Å². The number of fused-ring (bicyclic) bond motifs is 1. The van der Waals surface area contributed by atoms with Gasteiger partial charge in [0.05, 0.1) is 11.7 Å². The molecule has 0 fully saturated rings. The van der Waals surface area contributed by atoms with Crippen molar-refractivity contribution in [3.63, 3.8) is 0 Å². The van der Waals surface area contributed by atoms with Crippen LogP contribution in [0.4, 0.5) is 0 Å². The van der Waals surface area contributed by atoms with Crippen molar-refractivity contribution in [3.05, 3.63) is 48.1 Å². The molecule has 1 aromatic carbocycles. The van der Waals surface area contributed by atoms with Gasteiger partial charge in [0.25, 0.3) is 0 Å². The third kappa shape index (κ3) is 3.31. The standard InChI is InChI=1S/C19H21N3OS/c1-3-5-15(12-20-4-2)13-6-8-14(9-7-13)16-10-11-17(23)19-18(16)21-24-22-19/h3,5-6,8-13,15,23H,4,7H2,1-2H3/b5-3+,20-12-. The Kier molecular flexibility index (Phi) is 5.20. The second-order valence-electron chi connectivity index (χ2n) is 5.76. The van der Waals surface area contributed by atoms with Gasteiger partial charge in [-0.05, 0) is 43.9 Å². The molecule has 1 aliphatic rings. The first-order valence-electron chi connectivity index (χ1n) is 8.20. The quantitative estimate of drug-likeness (QED) is 0.638. The average Bonchev–Trinajstić information content (AvgIpc) is 3.10. The highest BCUT2D eigenvalue weighted by Gasteiger charge is 2.19. The van der Waals surface area contributed by atoms with Gasteiger partial charge in [0.2, 0.25) is 0 Å². The second-order valence-corrected chi connectivity index (χ2v) is 6.29. The molecule has 24 heavy (non-hydrogen) atoms. The Hall–Kier alpha value is -2.27. The molecule has 0 bridgehead atoms. The molecule has 5 heteroatoms. The molecule has 0 amide bonds. The van der Waals surface area contributed by atoms with Gasteiger partial charge in [-0.3, -0.25) is 4.99 Å². The summed E-state index contributed by atoms with van der Waals surface area (Å²) in [6.07, 6.45) is 13.9. The second kappa shape index (κ2) is 7.53. The molecule has 2 atom stereocenters. The molecule has 4 nitrogen and oxygen atoms in total. The first-order valence-corrected chi connectivity index (χ1v) is 8.93. The molecular formula is C19H21N3OS. The molecule has 3 rings (SSSR count). The maximum atomic E-state index is 9.88. The van der Waals surface area contributed by atoms with Crippen LogP contribution in [0.25, 0.3) is 16.6 Å². The van der Waals surface area contributed by atoms with E-state index in [2.05, 4.69) is 57.3 Å². The number of hydrogen-bond acceptors (Lipinski definition) is 5. The van der Waals surface area contributed by atoms with Crippen LogP contribution in [0, 0.1) is 11.8 Å². The summed E-state index contributed by atoms with van der Waals surface area (Å²) in [7, 11) is 0. The molecule has 0 saturated carbocycles. The summed E-state index contributed by atoms with van der Waals surface area (Å²) in [4.78, 5) is 4.41. The van der Waals surface area contributed by atoms with Crippen LogP contribution in [0.5, 0.6) is 5.75 Å². The van der Waals surface area contributed by atoms with E-state index in [4.69, 9.17) is 0 Å². The third-order valence-corrected chi connectivity index (χ3v) is 4.74.